The summed E-state index contributed by atoms with van der Waals surface area (Å²) >= 11 is 0. The van der Waals surface area contributed by atoms with Crippen molar-refractivity contribution in [2.45, 2.75) is 26.2 Å². The fraction of sp³-hybridized carbons (Fsp3) is 0.250. The van der Waals surface area contributed by atoms with Gasteiger partial charge >= 0.3 is 0 Å². The first-order valence-corrected chi connectivity index (χ1v) is 8.67. The molecule has 0 spiro atoms. The Labute approximate surface area is 152 Å². The summed E-state index contributed by atoms with van der Waals surface area (Å²) in [6.07, 6.45) is 2.72. The van der Waals surface area contributed by atoms with E-state index in [0.29, 0.717) is 16.8 Å². The topological polar surface area (TPSA) is 87.3 Å². The van der Waals surface area contributed by atoms with Crippen LogP contribution in [0.5, 0.6) is 0 Å². The van der Waals surface area contributed by atoms with Crippen LogP contribution in [0.2, 0.25) is 0 Å². The number of amides is 3. The van der Waals surface area contributed by atoms with Crippen molar-refractivity contribution in [2.24, 2.45) is 5.92 Å². The highest BCUT2D eigenvalue weighted by molar-refractivity contribution is 6.00. The van der Waals surface area contributed by atoms with Gasteiger partial charge < -0.3 is 5.32 Å². The number of hydrogen-bond donors (Lipinski definition) is 3. The molecule has 2 aromatic rings. The minimum Gasteiger partial charge on any atom is -0.326 e. The molecule has 1 aliphatic carbocycles. The highest BCUT2D eigenvalue weighted by atomic mass is 16.2. The largest absolute Gasteiger partial charge is 0.326 e. The van der Waals surface area contributed by atoms with Crippen molar-refractivity contribution in [2.75, 3.05) is 5.32 Å². The van der Waals surface area contributed by atoms with E-state index in [9.17, 15) is 14.4 Å². The van der Waals surface area contributed by atoms with Crippen LogP contribution in [0.4, 0.5) is 5.69 Å². The Kier molecular flexibility index (Phi) is 5.31. The van der Waals surface area contributed by atoms with Gasteiger partial charge in [-0.25, -0.2) is 0 Å². The Bertz CT molecular complexity index is 826. The third-order valence-electron chi connectivity index (χ3n) is 4.25. The Morgan fingerprint density at radius 2 is 1.58 bits per heavy atom. The summed E-state index contributed by atoms with van der Waals surface area (Å²) in [6.45, 7) is 2.04. The van der Waals surface area contributed by atoms with E-state index < -0.39 is 5.91 Å². The van der Waals surface area contributed by atoms with Crippen molar-refractivity contribution in [1.29, 1.82) is 0 Å². The lowest BCUT2D eigenvalue weighted by Gasteiger charge is -2.09. The van der Waals surface area contributed by atoms with Gasteiger partial charge in [0, 0.05) is 22.7 Å². The molecule has 0 aliphatic heterocycles. The molecule has 3 amide bonds. The second-order valence-electron chi connectivity index (χ2n) is 6.30. The lowest BCUT2D eigenvalue weighted by molar-refractivity contribution is -0.117. The monoisotopic (exact) mass is 351 g/mol. The molecule has 0 unspecified atom stereocenters. The van der Waals surface area contributed by atoms with E-state index in [1.165, 1.54) is 0 Å². The molecule has 1 saturated carbocycles. The zero-order chi connectivity index (χ0) is 18.5. The van der Waals surface area contributed by atoms with Gasteiger partial charge in [0.2, 0.25) is 5.91 Å². The highest BCUT2D eigenvalue weighted by Crippen LogP contribution is 2.30. The molecule has 1 fully saturated rings. The SMILES string of the molecule is CCc1ccc(C(=O)NNC(=O)c2cccc(NC(=O)C3CC3)c2)cc1. The molecule has 0 aromatic heterocycles. The Balaban J connectivity index is 1.56. The van der Waals surface area contributed by atoms with Crippen LogP contribution in [0.3, 0.4) is 0 Å². The van der Waals surface area contributed by atoms with E-state index >= 15 is 0 Å². The second-order valence-corrected chi connectivity index (χ2v) is 6.30. The number of hydrazine groups is 1. The quantitative estimate of drug-likeness (QED) is 0.724. The molecule has 6 nitrogen and oxygen atoms in total. The minimum absolute atomic E-state index is 0.0219. The van der Waals surface area contributed by atoms with Gasteiger partial charge in [0.05, 0.1) is 0 Å². The number of anilines is 1. The van der Waals surface area contributed by atoms with E-state index in [2.05, 4.69) is 16.2 Å². The molecular weight excluding hydrogens is 330 g/mol. The first-order valence-electron chi connectivity index (χ1n) is 8.67. The van der Waals surface area contributed by atoms with Gasteiger partial charge in [0.1, 0.15) is 0 Å². The van der Waals surface area contributed by atoms with E-state index in [0.717, 1.165) is 24.8 Å². The number of hydrogen-bond acceptors (Lipinski definition) is 3. The highest BCUT2D eigenvalue weighted by Gasteiger charge is 2.29. The molecule has 0 radical (unpaired) electrons. The van der Waals surface area contributed by atoms with Crippen LogP contribution in [0.1, 0.15) is 46.0 Å². The lowest BCUT2D eigenvalue weighted by Crippen LogP contribution is -2.41. The second kappa shape index (κ2) is 7.82. The van der Waals surface area contributed by atoms with Gasteiger partial charge in [0.15, 0.2) is 0 Å². The van der Waals surface area contributed by atoms with Gasteiger partial charge in [-0.3, -0.25) is 25.2 Å². The summed E-state index contributed by atoms with van der Waals surface area (Å²) in [6, 6.07) is 13.8. The molecule has 0 atom stereocenters. The fourth-order valence-electron chi connectivity index (χ4n) is 2.48. The first kappa shape index (κ1) is 17.7. The van der Waals surface area contributed by atoms with E-state index in [-0.39, 0.29) is 17.7 Å². The van der Waals surface area contributed by atoms with Crippen LogP contribution < -0.4 is 16.2 Å². The van der Waals surface area contributed by atoms with Crippen LogP contribution in [-0.2, 0) is 11.2 Å². The molecule has 0 heterocycles. The molecule has 2 aromatic carbocycles. The third-order valence-corrected chi connectivity index (χ3v) is 4.25. The average Bonchev–Trinajstić information content (AvgIpc) is 3.51. The summed E-state index contributed by atoms with van der Waals surface area (Å²) in [5, 5.41) is 2.79. The number of rotatable bonds is 5. The van der Waals surface area contributed by atoms with Gasteiger partial charge in [-0.2, -0.15) is 0 Å². The van der Waals surface area contributed by atoms with Gasteiger partial charge in [-0.15, -0.1) is 0 Å². The first-order chi connectivity index (χ1) is 12.6. The fourth-order valence-corrected chi connectivity index (χ4v) is 2.48. The van der Waals surface area contributed by atoms with Crippen molar-refractivity contribution in [3.63, 3.8) is 0 Å². The standard InChI is InChI=1S/C20H21N3O3/c1-2-13-6-8-15(9-7-13)19(25)22-23-20(26)16-4-3-5-17(12-16)21-18(24)14-10-11-14/h3-9,12,14H,2,10-11H2,1H3,(H,21,24)(H,22,25)(H,23,26). The van der Waals surface area contributed by atoms with Crippen LogP contribution in [-0.4, -0.2) is 17.7 Å². The van der Waals surface area contributed by atoms with E-state index in [1.807, 2.05) is 19.1 Å². The maximum absolute atomic E-state index is 12.2. The lowest BCUT2D eigenvalue weighted by atomic mass is 10.1. The van der Waals surface area contributed by atoms with Crippen molar-refractivity contribution < 1.29 is 14.4 Å². The summed E-state index contributed by atoms with van der Waals surface area (Å²) in [5.41, 5.74) is 7.30. The zero-order valence-electron chi connectivity index (χ0n) is 14.5. The van der Waals surface area contributed by atoms with Crippen molar-refractivity contribution in [3.8, 4) is 0 Å². The number of aryl methyl sites for hydroxylation is 1. The molecule has 6 heteroatoms. The minimum atomic E-state index is -0.453. The zero-order valence-corrected chi connectivity index (χ0v) is 14.5. The molecule has 3 N–H and O–H groups in total. The number of carbonyl (C=O) groups is 3. The predicted octanol–water partition coefficient (Wildman–Crippen LogP) is 2.67. The van der Waals surface area contributed by atoms with Gasteiger partial charge in [0.25, 0.3) is 11.8 Å². The number of carbonyl (C=O) groups excluding carboxylic acids is 3. The van der Waals surface area contributed by atoms with E-state index in [4.69, 9.17) is 0 Å². The molecule has 1 aliphatic rings. The maximum Gasteiger partial charge on any atom is 0.269 e. The van der Waals surface area contributed by atoms with Crippen molar-refractivity contribution in [1.82, 2.24) is 10.9 Å². The molecule has 3 rings (SSSR count). The predicted molar refractivity (Wildman–Crippen MR) is 98.5 cm³/mol. The normalized spacial score (nSPS) is 13.0. The Hall–Kier alpha value is -3.15. The number of nitrogens with one attached hydrogen (secondary N) is 3. The number of benzene rings is 2. The van der Waals surface area contributed by atoms with E-state index in [1.54, 1.807) is 36.4 Å². The maximum atomic E-state index is 12.2. The molecular formula is C20H21N3O3. The van der Waals surface area contributed by atoms with Crippen LogP contribution in [0, 0.1) is 5.92 Å². The Morgan fingerprint density at radius 3 is 2.19 bits per heavy atom. The molecule has 0 saturated heterocycles. The molecule has 0 bridgehead atoms. The summed E-state index contributed by atoms with van der Waals surface area (Å²) < 4.78 is 0. The molecule has 26 heavy (non-hydrogen) atoms. The van der Waals surface area contributed by atoms with Crippen LogP contribution >= 0.6 is 0 Å². The summed E-state index contributed by atoms with van der Waals surface area (Å²) in [5.74, 6) is -0.775. The van der Waals surface area contributed by atoms with Crippen molar-refractivity contribution in [3.05, 3.63) is 65.2 Å². The average molecular weight is 351 g/mol. The molecule has 134 valence electrons. The Morgan fingerprint density at radius 1 is 0.923 bits per heavy atom. The van der Waals surface area contributed by atoms with Crippen molar-refractivity contribution >= 4 is 23.4 Å². The summed E-state index contributed by atoms with van der Waals surface area (Å²) in [4.78, 5) is 36.1. The van der Waals surface area contributed by atoms with Crippen LogP contribution in [0.25, 0.3) is 0 Å². The van der Waals surface area contributed by atoms with Crippen LogP contribution in [0.15, 0.2) is 48.5 Å². The smallest absolute Gasteiger partial charge is 0.269 e. The van der Waals surface area contributed by atoms with Gasteiger partial charge in [-0.05, 0) is 55.2 Å². The van der Waals surface area contributed by atoms with Gasteiger partial charge in [-0.1, -0.05) is 25.1 Å². The summed E-state index contributed by atoms with van der Waals surface area (Å²) in [7, 11) is 0. The third kappa shape index (κ3) is 4.47.